The predicted molar refractivity (Wildman–Crippen MR) is 94.5 cm³/mol. The first kappa shape index (κ1) is 19.2. The molecule has 146 valence electrons. The Bertz CT molecular complexity index is 827. The number of anilines is 1. The first-order valence-corrected chi connectivity index (χ1v) is 8.63. The maximum Gasteiger partial charge on any atom is 0.419 e. The Morgan fingerprint density at radius 3 is 2.78 bits per heavy atom. The number of amides is 1. The van der Waals surface area contributed by atoms with Gasteiger partial charge in [-0.25, -0.2) is 9.97 Å². The van der Waals surface area contributed by atoms with Crippen LogP contribution in [0.15, 0.2) is 12.4 Å². The number of carbonyl (C=O) groups is 1. The summed E-state index contributed by atoms with van der Waals surface area (Å²) in [5.74, 6) is -0.276. The first-order chi connectivity index (χ1) is 12.8. The molecule has 0 saturated carbocycles. The van der Waals surface area contributed by atoms with Gasteiger partial charge in [-0.05, 0) is 31.9 Å². The van der Waals surface area contributed by atoms with Gasteiger partial charge >= 0.3 is 6.18 Å². The number of carbonyl (C=O) groups excluding carboxylic acids is 1. The fourth-order valence-corrected chi connectivity index (χ4v) is 3.12. The third-order valence-corrected chi connectivity index (χ3v) is 4.57. The number of H-pyrrole nitrogens is 1. The zero-order chi connectivity index (χ0) is 19.6. The lowest BCUT2D eigenvalue weighted by molar-refractivity contribution is -0.137. The zero-order valence-corrected chi connectivity index (χ0v) is 15.0. The summed E-state index contributed by atoms with van der Waals surface area (Å²) < 4.78 is 40.5. The summed E-state index contributed by atoms with van der Waals surface area (Å²) in [7, 11) is 1.45. The van der Waals surface area contributed by atoms with Crippen LogP contribution in [-0.2, 0) is 6.18 Å². The molecule has 7 nitrogen and oxygen atoms in total. The van der Waals surface area contributed by atoms with Crippen molar-refractivity contribution in [3.63, 3.8) is 0 Å². The zero-order valence-electron chi connectivity index (χ0n) is 15.0. The van der Waals surface area contributed by atoms with Gasteiger partial charge in [0.15, 0.2) is 0 Å². The van der Waals surface area contributed by atoms with E-state index in [9.17, 15) is 18.0 Å². The van der Waals surface area contributed by atoms with Crippen molar-refractivity contribution < 1.29 is 18.0 Å². The van der Waals surface area contributed by atoms with E-state index in [4.69, 9.17) is 0 Å². The van der Waals surface area contributed by atoms with E-state index in [1.807, 2.05) is 0 Å². The Balaban J connectivity index is 2.02. The lowest BCUT2D eigenvalue weighted by Crippen LogP contribution is -2.38. The largest absolute Gasteiger partial charge is 0.419 e. The van der Waals surface area contributed by atoms with Gasteiger partial charge in [-0.15, -0.1) is 0 Å². The van der Waals surface area contributed by atoms with Gasteiger partial charge in [-0.1, -0.05) is 0 Å². The molecule has 0 radical (unpaired) electrons. The summed E-state index contributed by atoms with van der Waals surface area (Å²) in [5, 5.41) is 8.76. The molecule has 0 aromatic carbocycles. The van der Waals surface area contributed by atoms with E-state index in [2.05, 4.69) is 30.9 Å². The van der Waals surface area contributed by atoms with Gasteiger partial charge in [0.2, 0.25) is 5.95 Å². The Hall–Kier alpha value is -2.62. The van der Waals surface area contributed by atoms with Gasteiger partial charge in [0.25, 0.3) is 5.91 Å². The van der Waals surface area contributed by atoms with E-state index in [0.717, 1.165) is 25.6 Å². The van der Waals surface area contributed by atoms with Crippen LogP contribution in [0.25, 0.3) is 11.3 Å². The Morgan fingerprint density at radius 2 is 2.15 bits per heavy atom. The lowest BCUT2D eigenvalue weighted by atomic mass is 10.0. The van der Waals surface area contributed by atoms with E-state index >= 15 is 0 Å². The predicted octanol–water partition coefficient (Wildman–Crippen LogP) is 2.32. The van der Waals surface area contributed by atoms with E-state index in [1.54, 1.807) is 6.92 Å². The molecule has 1 atom stereocenters. The average molecular weight is 382 g/mol. The number of rotatable bonds is 4. The Labute approximate surface area is 154 Å². The Kier molecular flexibility index (Phi) is 5.36. The number of aromatic nitrogens is 3. The second kappa shape index (κ2) is 7.55. The molecular formula is C17H21F3N6O. The van der Waals surface area contributed by atoms with Gasteiger partial charge < -0.3 is 20.9 Å². The van der Waals surface area contributed by atoms with Crippen LogP contribution in [0.1, 0.15) is 34.5 Å². The van der Waals surface area contributed by atoms with Crippen LogP contribution in [0.2, 0.25) is 0 Å². The minimum atomic E-state index is -4.61. The van der Waals surface area contributed by atoms with Gasteiger partial charge in [0.05, 0.1) is 5.69 Å². The van der Waals surface area contributed by atoms with Crippen LogP contribution in [0, 0.1) is 6.92 Å². The summed E-state index contributed by atoms with van der Waals surface area (Å²) >= 11 is 0. The SMILES string of the molecule is CNC(=O)c1[nH]cc(-c2nc(NC3CCCNC3)ncc2C(F)(F)F)c1C. The molecule has 1 saturated heterocycles. The molecule has 0 spiro atoms. The normalized spacial score (nSPS) is 17.6. The second-order valence-electron chi connectivity index (χ2n) is 6.42. The highest BCUT2D eigenvalue weighted by atomic mass is 19.4. The number of nitrogens with zero attached hydrogens (tertiary/aromatic N) is 2. The van der Waals surface area contributed by atoms with Crippen molar-refractivity contribution in [2.75, 3.05) is 25.5 Å². The fraction of sp³-hybridized carbons (Fsp3) is 0.471. The topological polar surface area (TPSA) is 94.7 Å². The van der Waals surface area contributed by atoms with Crippen molar-refractivity contribution in [1.82, 2.24) is 25.6 Å². The first-order valence-electron chi connectivity index (χ1n) is 8.63. The van der Waals surface area contributed by atoms with E-state index in [0.29, 0.717) is 12.1 Å². The molecule has 3 rings (SSSR count). The van der Waals surface area contributed by atoms with Gasteiger partial charge in [-0.2, -0.15) is 13.2 Å². The molecule has 1 amide bonds. The van der Waals surface area contributed by atoms with Crippen LogP contribution in [-0.4, -0.2) is 47.0 Å². The minimum absolute atomic E-state index is 0.0529. The third-order valence-electron chi connectivity index (χ3n) is 4.57. The number of hydrogen-bond acceptors (Lipinski definition) is 5. The highest BCUT2D eigenvalue weighted by Crippen LogP contribution is 2.37. The minimum Gasteiger partial charge on any atom is -0.356 e. The standard InChI is InChI=1S/C17H21F3N6O/c1-9-11(7-23-13(9)15(27)21-2)14-12(17(18,19)20)8-24-16(26-14)25-10-4-3-5-22-6-10/h7-8,10,22-23H,3-6H2,1-2H3,(H,21,27)(H,24,25,26). The van der Waals surface area contributed by atoms with Gasteiger partial charge in [0.1, 0.15) is 11.3 Å². The van der Waals surface area contributed by atoms with Crippen molar-refractivity contribution >= 4 is 11.9 Å². The third kappa shape index (κ3) is 4.05. The average Bonchev–Trinajstić information content (AvgIpc) is 3.02. The summed E-state index contributed by atoms with van der Waals surface area (Å²) in [5.41, 5.74) is -0.393. The summed E-state index contributed by atoms with van der Waals surface area (Å²) in [4.78, 5) is 22.6. The molecule has 27 heavy (non-hydrogen) atoms. The molecule has 10 heteroatoms. The number of piperidine rings is 1. The maximum absolute atomic E-state index is 13.5. The van der Waals surface area contributed by atoms with E-state index in [-0.39, 0.29) is 28.9 Å². The fourth-order valence-electron chi connectivity index (χ4n) is 3.12. The van der Waals surface area contributed by atoms with Crippen molar-refractivity contribution in [2.24, 2.45) is 0 Å². The summed E-state index contributed by atoms with van der Waals surface area (Å²) in [6.07, 6.45) is -0.609. The van der Waals surface area contributed by atoms with Crippen molar-refractivity contribution in [2.45, 2.75) is 32.0 Å². The number of hydrogen-bond donors (Lipinski definition) is 4. The molecule has 1 unspecified atom stereocenters. The molecule has 1 aliphatic heterocycles. The van der Waals surface area contributed by atoms with E-state index in [1.165, 1.54) is 13.2 Å². The molecule has 4 N–H and O–H groups in total. The van der Waals surface area contributed by atoms with Crippen LogP contribution in [0.4, 0.5) is 19.1 Å². The smallest absolute Gasteiger partial charge is 0.356 e. The van der Waals surface area contributed by atoms with Crippen molar-refractivity contribution in [1.29, 1.82) is 0 Å². The van der Waals surface area contributed by atoms with E-state index < -0.39 is 17.6 Å². The Morgan fingerprint density at radius 1 is 1.37 bits per heavy atom. The molecule has 2 aromatic rings. The molecule has 3 heterocycles. The number of aromatic amines is 1. The number of halogens is 3. The molecule has 1 aliphatic rings. The van der Waals surface area contributed by atoms with Gasteiger partial charge in [-0.3, -0.25) is 4.79 Å². The van der Waals surface area contributed by atoms with Gasteiger partial charge in [0, 0.05) is 37.6 Å². The highest BCUT2D eigenvalue weighted by Gasteiger charge is 2.36. The van der Waals surface area contributed by atoms with Crippen LogP contribution < -0.4 is 16.0 Å². The number of alkyl halides is 3. The summed E-state index contributed by atoms with van der Waals surface area (Å²) in [6, 6.07) is 0.0529. The van der Waals surface area contributed by atoms with Crippen molar-refractivity contribution in [3.05, 3.63) is 29.2 Å². The van der Waals surface area contributed by atoms with Crippen LogP contribution in [0.5, 0.6) is 0 Å². The summed E-state index contributed by atoms with van der Waals surface area (Å²) in [6.45, 7) is 3.20. The van der Waals surface area contributed by atoms with Crippen LogP contribution in [0.3, 0.4) is 0 Å². The quantitative estimate of drug-likeness (QED) is 0.651. The molecule has 0 aliphatic carbocycles. The van der Waals surface area contributed by atoms with Crippen LogP contribution >= 0.6 is 0 Å². The monoisotopic (exact) mass is 382 g/mol. The molecule has 0 bridgehead atoms. The van der Waals surface area contributed by atoms with Crippen molar-refractivity contribution in [3.8, 4) is 11.3 Å². The maximum atomic E-state index is 13.5. The number of nitrogens with one attached hydrogen (secondary N) is 4. The molecule has 2 aromatic heterocycles. The molecule has 1 fully saturated rings. The highest BCUT2D eigenvalue weighted by molar-refractivity contribution is 5.95. The second-order valence-corrected chi connectivity index (χ2v) is 6.42. The lowest BCUT2D eigenvalue weighted by Gasteiger charge is -2.24. The molecular weight excluding hydrogens is 361 g/mol.